The second-order valence-electron chi connectivity index (χ2n) is 7.82. The Labute approximate surface area is 209 Å². The van der Waals surface area contributed by atoms with E-state index in [0.29, 0.717) is 17.9 Å². The summed E-state index contributed by atoms with van der Waals surface area (Å²) >= 11 is 0. The van der Waals surface area contributed by atoms with Crippen LogP contribution in [-0.2, 0) is 11.4 Å². The van der Waals surface area contributed by atoms with Crippen LogP contribution in [0.2, 0.25) is 0 Å². The predicted molar refractivity (Wildman–Crippen MR) is 138 cm³/mol. The van der Waals surface area contributed by atoms with Gasteiger partial charge >= 0.3 is 5.97 Å². The van der Waals surface area contributed by atoms with Crippen LogP contribution < -0.4 is 9.47 Å². The second-order valence-corrected chi connectivity index (χ2v) is 7.82. The smallest absolute Gasteiger partial charge is 0.336 e. The van der Waals surface area contributed by atoms with Crippen LogP contribution in [0, 0.1) is 17.1 Å². The van der Waals surface area contributed by atoms with Gasteiger partial charge in [-0.05, 0) is 59.2 Å². The predicted octanol–water partition coefficient (Wildman–Crippen LogP) is 7.09. The van der Waals surface area contributed by atoms with Gasteiger partial charge in [-0.3, -0.25) is 0 Å². The molecule has 0 aliphatic heterocycles. The topological polar surface area (TPSA) is 59.3 Å². The summed E-state index contributed by atoms with van der Waals surface area (Å²) in [6.45, 7) is 0.479. The molecule has 0 aliphatic carbocycles. The van der Waals surface area contributed by atoms with Gasteiger partial charge in [0.2, 0.25) is 0 Å². The third kappa shape index (κ3) is 6.78. The van der Waals surface area contributed by atoms with Crippen molar-refractivity contribution in [2.24, 2.45) is 0 Å². The Morgan fingerprint density at radius 2 is 1.58 bits per heavy atom. The number of ether oxygens (including phenoxy) is 2. The van der Waals surface area contributed by atoms with Crippen molar-refractivity contribution in [2.75, 3.05) is 0 Å². The van der Waals surface area contributed by atoms with E-state index in [9.17, 15) is 14.4 Å². The fraction of sp³-hybridized carbons (Fsp3) is 0.0323. The summed E-state index contributed by atoms with van der Waals surface area (Å²) < 4.78 is 25.2. The molecule has 0 aromatic heterocycles. The molecule has 176 valence electrons. The van der Waals surface area contributed by atoms with Crippen LogP contribution in [0.5, 0.6) is 11.5 Å². The zero-order valence-electron chi connectivity index (χ0n) is 19.3. The largest absolute Gasteiger partial charge is 0.489 e. The van der Waals surface area contributed by atoms with Gasteiger partial charge in [-0.25, -0.2) is 9.18 Å². The number of rotatable bonds is 8. The Morgan fingerprint density at radius 3 is 2.33 bits per heavy atom. The number of hydrogen-bond donors (Lipinski definition) is 0. The van der Waals surface area contributed by atoms with Crippen LogP contribution >= 0.6 is 0 Å². The van der Waals surface area contributed by atoms with Gasteiger partial charge in [-0.2, -0.15) is 5.26 Å². The molecule has 0 spiro atoms. The second kappa shape index (κ2) is 12.0. The quantitative estimate of drug-likeness (QED) is 0.0898. The first kappa shape index (κ1) is 24.2. The minimum atomic E-state index is -0.546. The lowest BCUT2D eigenvalue weighted by atomic mass is 10.0. The van der Waals surface area contributed by atoms with Crippen LogP contribution in [0.1, 0.15) is 22.3 Å². The van der Waals surface area contributed by atoms with Crippen molar-refractivity contribution in [1.82, 2.24) is 0 Å². The highest BCUT2D eigenvalue weighted by atomic mass is 19.1. The first-order chi connectivity index (χ1) is 17.6. The van der Waals surface area contributed by atoms with Crippen molar-refractivity contribution in [2.45, 2.75) is 6.61 Å². The fourth-order valence-corrected chi connectivity index (χ4v) is 3.41. The lowest BCUT2D eigenvalue weighted by Gasteiger charge is -2.06. The van der Waals surface area contributed by atoms with Gasteiger partial charge in [0.1, 0.15) is 23.9 Å². The van der Waals surface area contributed by atoms with E-state index in [-0.39, 0.29) is 11.1 Å². The van der Waals surface area contributed by atoms with Gasteiger partial charge in [0, 0.05) is 11.6 Å². The van der Waals surface area contributed by atoms with Gasteiger partial charge in [-0.1, -0.05) is 72.8 Å². The summed E-state index contributed by atoms with van der Waals surface area (Å²) in [6.07, 6.45) is 4.54. The summed E-state index contributed by atoms with van der Waals surface area (Å²) in [5.41, 5.74) is 2.89. The summed E-state index contributed by atoms with van der Waals surface area (Å²) in [5.74, 6) is 0.0217. The summed E-state index contributed by atoms with van der Waals surface area (Å²) in [4.78, 5) is 12.3. The SMILES string of the molecule is N#C/C(=C/c1cccc(OC(=O)/C=C/c2ccc(OCc3ccccc3)cc2)c1)c1ccccc1F. The first-order valence-corrected chi connectivity index (χ1v) is 11.2. The molecule has 0 unspecified atom stereocenters. The molecule has 0 amide bonds. The number of hydrogen-bond acceptors (Lipinski definition) is 4. The molecule has 4 aromatic carbocycles. The van der Waals surface area contributed by atoms with E-state index in [4.69, 9.17) is 9.47 Å². The number of benzene rings is 4. The third-order valence-corrected chi connectivity index (χ3v) is 5.21. The van der Waals surface area contributed by atoms with Crippen molar-refractivity contribution in [3.05, 3.63) is 137 Å². The summed E-state index contributed by atoms with van der Waals surface area (Å²) in [6, 6.07) is 32.1. The average molecular weight is 476 g/mol. The van der Waals surface area contributed by atoms with E-state index in [1.54, 1.807) is 54.6 Å². The molecule has 0 atom stereocenters. The molecule has 4 nitrogen and oxygen atoms in total. The molecule has 0 saturated heterocycles. The molecule has 4 rings (SSSR count). The Morgan fingerprint density at radius 1 is 0.833 bits per heavy atom. The van der Waals surface area contributed by atoms with Crippen LogP contribution in [0.3, 0.4) is 0 Å². The van der Waals surface area contributed by atoms with E-state index in [1.807, 2.05) is 60.7 Å². The van der Waals surface area contributed by atoms with Crippen molar-refractivity contribution < 1.29 is 18.7 Å². The van der Waals surface area contributed by atoms with Crippen molar-refractivity contribution in [3.8, 4) is 17.6 Å². The van der Waals surface area contributed by atoms with Gasteiger partial charge in [0.25, 0.3) is 0 Å². The molecule has 36 heavy (non-hydrogen) atoms. The van der Waals surface area contributed by atoms with E-state index in [0.717, 1.165) is 16.9 Å². The number of halogens is 1. The highest BCUT2D eigenvalue weighted by molar-refractivity contribution is 5.91. The first-order valence-electron chi connectivity index (χ1n) is 11.2. The standard InChI is InChI=1S/C31H22FNO3/c32-30-12-5-4-11-29(30)26(21-33)19-25-9-6-10-28(20-25)36-31(34)18-15-23-13-16-27(17-14-23)35-22-24-7-2-1-3-8-24/h1-20H,22H2/b18-15+,26-19-. The Kier molecular flexibility index (Phi) is 8.03. The Bertz CT molecular complexity index is 1430. The minimum absolute atomic E-state index is 0.174. The highest BCUT2D eigenvalue weighted by Crippen LogP contribution is 2.23. The molecule has 0 aliphatic rings. The number of carbonyl (C=O) groups excluding carboxylic acids is 1. The minimum Gasteiger partial charge on any atom is -0.489 e. The van der Waals surface area contributed by atoms with Crippen LogP contribution in [0.4, 0.5) is 4.39 Å². The summed E-state index contributed by atoms with van der Waals surface area (Å²) in [7, 11) is 0. The lowest BCUT2D eigenvalue weighted by Crippen LogP contribution is -2.03. The maximum absolute atomic E-state index is 14.1. The highest BCUT2D eigenvalue weighted by Gasteiger charge is 2.08. The van der Waals surface area contributed by atoms with E-state index in [2.05, 4.69) is 0 Å². The zero-order chi connectivity index (χ0) is 25.2. The Hall–Kier alpha value is -4.95. The molecular weight excluding hydrogens is 453 g/mol. The van der Waals surface area contributed by atoms with Crippen LogP contribution in [0.15, 0.2) is 109 Å². The van der Waals surface area contributed by atoms with Crippen molar-refractivity contribution in [1.29, 1.82) is 5.26 Å². The van der Waals surface area contributed by atoms with Gasteiger partial charge in [-0.15, -0.1) is 0 Å². The number of carbonyl (C=O) groups is 1. The summed E-state index contributed by atoms with van der Waals surface area (Å²) in [5, 5.41) is 9.47. The molecule has 0 fully saturated rings. The fourth-order valence-electron chi connectivity index (χ4n) is 3.41. The van der Waals surface area contributed by atoms with E-state index >= 15 is 0 Å². The number of esters is 1. The average Bonchev–Trinajstić information content (AvgIpc) is 2.91. The van der Waals surface area contributed by atoms with Gasteiger partial charge < -0.3 is 9.47 Å². The Balaban J connectivity index is 1.36. The number of nitriles is 1. The molecule has 0 bridgehead atoms. The maximum Gasteiger partial charge on any atom is 0.336 e. The molecule has 5 heteroatoms. The van der Waals surface area contributed by atoms with Crippen molar-refractivity contribution in [3.63, 3.8) is 0 Å². The molecule has 4 aromatic rings. The maximum atomic E-state index is 14.1. The number of nitrogens with zero attached hydrogens (tertiary/aromatic N) is 1. The normalized spacial score (nSPS) is 11.2. The molecule has 0 radical (unpaired) electrons. The van der Waals surface area contributed by atoms with E-state index in [1.165, 1.54) is 12.1 Å². The molecular formula is C31H22FNO3. The molecule has 0 heterocycles. The van der Waals surface area contributed by atoms with Gasteiger partial charge in [0.05, 0.1) is 11.6 Å². The third-order valence-electron chi connectivity index (χ3n) is 5.21. The van der Waals surface area contributed by atoms with Crippen LogP contribution in [0.25, 0.3) is 17.7 Å². The lowest BCUT2D eigenvalue weighted by molar-refractivity contribution is -0.128. The monoisotopic (exact) mass is 475 g/mol. The van der Waals surface area contributed by atoms with Gasteiger partial charge in [0.15, 0.2) is 0 Å². The van der Waals surface area contributed by atoms with Crippen LogP contribution in [-0.4, -0.2) is 5.97 Å². The molecule has 0 N–H and O–H groups in total. The molecule has 0 saturated carbocycles. The zero-order valence-corrected chi connectivity index (χ0v) is 19.3. The van der Waals surface area contributed by atoms with E-state index < -0.39 is 11.8 Å². The van der Waals surface area contributed by atoms with Crippen molar-refractivity contribution >= 4 is 23.7 Å². The number of allylic oxidation sites excluding steroid dienone is 1.